The van der Waals surface area contributed by atoms with Gasteiger partial charge in [0.15, 0.2) is 0 Å². The quantitative estimate of drug-likeness (QED) is 0.889. The molecule has 0 aromatic heterocycles. The van der Waals surface area contributed by atoms with E-state index in [0.29, 0.717) is 13.1 Å². The summed E-state index contributed by atoms with van der Waals surface area (Å²) in [6, 6.07) is 7.88. The SMILES string of the molecule is COc1ccc(N2CCN(C(=O)OCCO)CC2)cc1. The third-order valence-electron chi connectivity index (χ3n) is 3.29. The number of rotatable bonds is 4. The fourth-order valence-corrected chi connectivity index (χ4v) is 2.16. The van der Waals surface area contributed by atoms with Gasteiger partial charge in [0.1, 0.15) is 12.4 Å². The smallest absolute Gasteiger partial charge is 0.409 e. The number of aliphatic hydroxyl groups excluding tert-OH is 1. The second-order valence-corrected chi connectivity index (χ2v) is 4.51. The third kappa shape index (κ3) is 3.54. The fourth-order valence-electron chi connectivity index (χ4n) is 2.16. The van der Waals surface area contributed by atoms with Crippen molar-refractivity contribution in [2.75, 3.05) is 51.4 Å². The van der Waals surface area contributed by atoms with Crippen LogP contribution in [0.25, 0.3) is 0 Å². The molecule has 0 atom stereocenters. The van der Waals surface area contributed by atoms with Gasteiger partial charge in [0, 0.05) is 31.9 Å². The van der Waals surface area contributed by atoms with E-state index in [1.165, 1.54) is 0 Å². The van der Waals surface area contributed by atoms with Crippen molar-refractivity contribution in [3.63, 3.8) is 0 Å². The summed E-state index contributed by atoms with van der Waals surface area (Å²) in [6.07, 6.45) is -0.353. The highest BCUT2D eigenvalue weighted by Gasteiger charge is 2.22. The number of anilines is 1. The third-order valence-corrected chi connectivity index (χ3v) is 3.29. The van der Waals surface area contributed by atoms with Gasteiger partial charge in [-0.05, 0) is 24.3 Å². The highest BCUT2D eigenvalue weighted by Crippen LogP contribution is 2.20. The molecular formula is C14H20N2O4. The van der Waals surface area contributed by atoms with E-state index in [-0.39, 0.29) is 19.3 Å². The average molecular weight is 280 g/mol. The van der Waals surface area contributed by atoms with Crippen molar-refractivity contribution in [3.8, 4) is 5.75 Å². The first kappa shape index (κ1) is 14.5. The zero-order valence-electron chi connectivity index (χ0n) is 11.6. The topological polar surface area (TPSA) is 62.2 Å². The molecule has 6 nitrogen and oxygen atoms in total. The minimum atomic E-state index is -0.353. The van der Waals surface area contributed by atoms with Gasteiger partial charge in [0.25, 0.3) is 0 Å². The van der Waals surface area contributed by atoms with E-state index in [1.807, 2.05) is 24.3 Å². The maximum absolute atomic E-state index is 11.6. The van der Waals surface area contributed by atoms with Crippen LogP contribution in [-0.4, -0.2) is 62.6 Å². The monoisotopic (exact) mass is 280 g/mol. The van der Waals surface area contributed by atoms with Crippen molar-refractivity contribution >= 4 is 11.8 Å². The molecule has 1 aliphatic heterocycles. The molecule has 1 saturated heterocycles. The summed E-state index contributed by atoms with van der Waals surface area (Å²) in [6.45, 7) is 2.68. The summed E-state index contributed by atoms with van der Waals surface area (Å²) < 4.78 is 10.0. The number of ether oxygens (including phenoxy) is 2. The molecule has 0 radical (unpaired) electrons. The summed E-state index contributed by atoms with van der Waals surface area (Å²) >= 11 is 0. The van der Waals surface area contributed by atoms with Crippen LogP contribution in [0.4, 0.5) is 10.5 Å². The Bertz CT molecular complexity index is 427. The Kier molecular flexibility index (Phi) is 5.06. The molecular weight excluding hydrogens is 260 g/mol. The zero-order valence-corrected chi connectivity index (χ0v) is 11.6. The first-order chi connectivity index (χ1) is 9.74. The van der Waals surface area contributed by atoms with Crippen molar-refractivity contribution in [2.45, 2.75) is 0 Å². The van der Waals surface area contributed by atoms with E-state index < -0.39 is 0 Å². The molecule has 1 aliphatic rings. The van der Waals surface area contributed by atoms with Gasteiger partial charge in [-0.15, -0.1) is 0 Å². The summed E-state index contributed by atoms with van der Waals surface area (Å²) in [7, 11) is 1.64. The molecule has 1 N–H and O–H groups in total. The fraction of sp³-hybridized carbons (Fsp3) is 0.500. The molecule has 0 aliphatic carbocycles. The second kappa shape index (κ2) is 7.00. The van der Waals surface area contributed by atoms with Crippen molar-refractivity contribution in [3.05, 3.63) is 24.3 Å². The first-order valence-corrected chi connectivity index (χ1v) is 6.66. The normalized spacial score (nSPS) is 15.1. The van der Waals surface area contributed by atoms with Gasteiger partial charge in [-0.25, -0.2) is 4.79 Å². The Labute approximate surface area is 118 Å². The van der Waals surface area contributed by atoms with Crippen LogP contribution in [0.5, 0.6) is 5.75 Å². The number of carbonyl (C=O) groups excluding carboxylic acids is 1. The highest BCUT2D eigenvalue weighted by atomic mass is 16.6. The largest absolute Gasteiger partial charge is 0.497 e. The lowest BCUT2D eigenvalue weighted by molar-refractivity contribution is 0.0826. The molecule has 1 amide bonds. The number of piperazine rings is 1. The molecule has 0 saturated carbocycles. The van der Waals surface area contributed by atoms with Gasteiger partial charge >= 0.3 is 6.09 Å². The maximum Gasteiger partial charge on any atom is 0.409 e. The van der Waals surface area contributed by atoms with E-state index in [1.54, 1.807) is 12.0 Å². The van der Waals surface area contributed by atoms with E-state index in [4.69, 9.17) is 14.6 Å². The van der Waals surface area contributed by atoms with Crippen molar-refractivity contribution in [1.29, 1.82) is 0 Å². The lowest BCUT2D eigenvalue weighted by atomic mass is 10.2. The van der Waals surface area contributed by atoms with Crippen LogP contribution in [-0.2, 0) is 4.74 Å². The summed E-state index contributed by atoms with van der Waals surface area (Å²) in [5.41, 5.74) is 1.12. The second-order valence-electron chi connectivity index (χ2n) is 4.51. The Hall–Kier alpha value is -1.95. The summed E-state index contributed by atoms with van der Waals surface area (Å²) in [5, 5.41) is 8.63. The molecule has 0 bridgehead atoms. The number of aliphatic hydroxyl groups is 1. The van der Waals surface area contributed by atoms with Crippen molar-refractivity contribution in [2.24, 2.45) is 0 Å². The predicted molar refractivity (Wildman–Crippen MR) is 75.2 cm³/mol. The van der Waals surface area contributed by atoms with Crippen LogP contribution >= 0.6 is 0 Å². The Morgan fingerprint density at radius 3 is 2.40 bits per heavy atom. The molecule has 20 heavy (non-hydrogen) atoms. The molecule has 6 heteroatoms. The minimum absolute atomic E-state index is 0.0531. The van der Waals surface area contributed by atoms with E-state index in [9.17, 15) is 4.79 Å². The van der Waals surface area contributed by atoms with Gasteiger partial charge in [0.05, 0.1) is 13.7 Å². The van der Waals surface area contributed by atoms with Crippen LogP contribution in [0.2, 0.25) is 0 Å². The number of hydrogen-bond donors (Lipinski definition) is 1. The van der Waals surface area contributed by atoms with E-state index in [2.05, 4.69) is 4.90 Å². The van der Waals surface area contributed by atoms with Gasteiger partial charge < -0.3 is 24.4 Å². The Balaban J connectivity index is 1.85. The minimum Gasteiger partial charge on any atom is -0.497 e. The van der Waals surface area contributed by atoms with Crippen LogP contribution in [0, 0.1) is 0 Å². The summed E-state index contributed by atoms with van der Waals surface area (Å²) in [5.74, 6) is 0.833. The highest BCUT2D eigenvalue weighted by molar-refractivity contribution is 5.68. The van der Waals surface area contributed by atoms with Crippen LogP contribution < -0.4 is 9.64 Å². The standard InChI is InChI=1S/C14H20N2O4/c1-19-13-4-2-12(3-5-13)15-6-8-16(9-7-15)14(18)20-11-10-17/h2-5,17H,6-11H2,1H3. The molecule has 110 valence electrons. The van der Waals surface area contributed by atoms with Crippen LogP contribution in [0.15, 0.2) is 24.3 Å². The van der Waals surface area contributed by atoms with Gasteiger partial charge in [-0.3, -0.25) is 0 Å². The maximum atomic E-state index is 11.6. The van der Waals surface area contributed by atoms with Crippen LogP contribution in [0.1, 0.15) is 0 Å². The predicted octanol–water partition coefficient (Wildman–Crippen LogP) is 0.946. The van der Waals surface area contributed by atoms with Gasteiger partial charge in [-0.1, -0.05) is 0 Å². The molecule has 1 aromatic carbocycles. The molecule has 0 unspecified atom stereocenters. The number of benzene rings is 1. The molecule has 1 fully saturated rings. The van der Waals surface area contributed by atoms with Crippen molar-refractivity contribution in [1.82, 2.24) is 4.90 Å². The number of methoxy groups -OCH3 is 1. The van der Waals surface area contributed by atoms with Gasteiger partial charge in [-0.2, -0.15) is 0 Å². The number of amides is 1. The average Bonchev–Trinajstić information content (AvgIpc) is 2.53. The zero-order chi connectivity index (χ0) is 14.4. The van der Waals surface area contributed by atoms with E-state index >= 15 is 0 Å². The van der Waals surface area contributed by atoms with Crippen LogP contribution in [0.3, 0.4) is 0 Å². The lowest BCUT2D eigenvalue weighted by Crippen LogP contribution is -2.49. The summed E-state index contributed by atoms with van der Waals surface area (Å²) in [4.78, 5) is 15.5. The number of nitrogens with zero attached hydrogens (tertiary/aromatic N) is 2. The Morgan fingerprint density at radius 1 is 1.20 bits per heavy atom. The molecule has 2 rings (SSSR count). The number of hydrogen-bond acceptors (Lipinski definition) is 5. The molecule has 0 spiro atoms. The number of carbonyl (C=O) groups is 1. The molecule has 1 heterocycles. The Morgan fingerprint density at radius 2 is 1.85 bits per heavy atom. The van der Waals surface area contributed by atoms with E-state index in [0.717, 1.165) is 24.5 Å². The lowest BCUT2D eigenvalue weighted by Gasteiger charge is -2.35. The van der Waals surface area contributed by atoms with Crippen molar-refractivity contribution < 1.29 is 19.4 Å². The molecule has 1 aromatic rings. The first-order valence-electron chi connectivity index (χ1n) is 6.66. The van der Waals surface area contributed by atoms with Gasteiger partial charge in [0.2, 0.25) is 0 Å².